The molecule has 0 spiro atoms. The van der Waals surface area contributed by atoms with E-state index in [2.05, 4.69) is 16.2 Å². The van der Waals surface area contributed by atoms with Gasteiger partial charge in [0.25, 0.3) is 0 Å². The maximum Gasteiger partial charge on any atom is 0.340 e. The minimum Gasteiger partial charge on any atom is -0.435 e. The Bertz CT molecular complexity index is 1740. The third-order valence-electron chi connectivity index (χ3n) is 7.00. The molecule has 0 N–H and O–H groups in total. The number of benzene rings is 3. The summed E-state index contributed by atoms with van der Waals surface area (Å²) in [5.41, 5.74) is 1.53. The van der Waals surface area contributed by atoms with Crippen molar-refractivity contribution in [2.75, 3.05) is 6.79 Å². The van der Waals surface area contributed by atoms with Crippen molar-refractivity contribution in [3.8, 4) is 17.3 Å². The number of esters is 1. The Hall–Kier alpha value is -4.50. The highest BCUT2D eigenvalue weighted by atomic mass is 35.5. The number of rotatable bonds is 11. The van der Waals surface area contributed by atoms with Crippen LogP contribution >= 0.6 is 22.9 Å². The van der Waals surface area contributed by atoms with Crippen molar-refractivity contribution in [3.05, 3.63) is 124 Å². The van der Waals surface area contributed by atoms with Gasteiger partial charge in [-0.05, 0) is 35.9 Å². The first-order valence-corrected chi connectivity index (χ1v) is 14.4. The fourth-order valence-corrected chi connectivity index (χ4v) is 5.77. The fourth-order valence-electron chi connectivity index (χ4n) is 4.63. The normalized spacial score (nSPS) is 13.2. The topological polar surface area (TPSA) is 103 Å². The molecule has 2 aromatic heterocycles. The van der Waals surface area contributed by atoms with Crippen LogP contribution in [0.4, 0.5) is 8.78 Å². The maximum absolute atomic E-state index is 15.6. The van der Waals surface area contributed by atoms with Gasteiger partial charge in [0, 0.05) is 34.4 Å². The molecule has 218 valence electrons. The predicted octanol–water partition coefficient (Wildman–Crippen LogP) is 6.82. The lowest BCUT2D eigenvalue weighted by atomic mass is 9.81. The van der Waals surface area contributed by atoms with E-state index in [9.17, 15) is 9.18 Å². The molecule has 0 aliphatic rings. The standard InChI is InChI=1S/C31H24ClF2N5O3S/c1-20(29-38-28(15-43-29)23-6-4-22(14-35)5-7-23)31(16-39-18-36-17-37-39,26-11-10-25(33)12-27(26)34)42-19-41-30(40)24-8-2-21(13-32)3-9-24/h2-12,15,17-18,20H,13,16,19H2,1H3/t20-,31?/m0/s1. The zero-order valence-corrected chi connectivity index (χ0v) is 24.4. The van der Waals surface area contributed by atoms with E-state index in [1.54, 1.807) is 55.5 Å². The second-order valence-corrected chi connectivity index (χ2v) is 10.8. The van der Waals surface area contributed by atoms with E-state index >= 15 is 4.39 Å². The van der Waals surface area contributed by atoms with Crippen molar-refractivity contribution < 1.29 is 23.0 Å². The number of hydrogen-bond donors (Lipinski definition) is 0. The molecule has 2 atom stereocenters. The summed E-state index contributed by atoms with van der Waals surface area (Å²) in [6.07, 6.45) is 2.77. The summed E-state index contributed by atoms with van der Waals surface area (Å²) in [4.78, 5) is 21.6. The van der Waals surface area contributed by atoms with Crippen LogP contribution in [-0.2, 0) is 27.5 Å². The number of halogens is 3. The first-order chi connectivity index (χ1) is 20.8. The van der Waals surface area contributed by atoms with Crippen LogP contribution in [0.1, 0.15) is 44.9 Å². The molecule has 5 rings (SSSR count). The smallest absolute Gasteiger partial charge is 0.340 e. The Labute approximate surface area is 255 Å². The Kier molecular flexibility index (Phi) is 9.21. The molecule has 1 unspecified atom stereocenters. The van der Waals surface area contributed by atoms with Crippen LogP contribution in [0, 0.1) is 23.0 Å². The van der Waals surface area contributed by atoms with Crippen molar-refractivity contribution in [2.45, 2.75) is 30.9 Å². The Morgan fingerprint density at radius 2 is 1.91 bits per heavy atom. The number of thiazole rings is 1. The average molecular weight is 620 g/mol. The van der Waals surface area contributed by atoms with Crippen LogP contribution in [0.5, 0.6) is 0 Å². The molecule has 43 heavy (non-hydrogen) atoms. The van der Waals surface area contributed by atoms with Gasteiger partial charge in [-0.1, -0.05) is 37.3 Å². The zero-order valence-electron chi connectivity index (χ0n) is 22.8. The van der Waals surface area contributed by atoms with Crippen LogP contribution in [0.15, 0.2) is 84.8 Å². The fraction of sp³-hybridized carbons (Fsp3) is 0.194. The van der Waals surface area contributed by atoms with Crippen LogP contribution in [0.2, 0.25) is 0 Å². The van der Waals surface area contributed by atoms with Crippen LogP contribution in [-0.4, -0.2) is 32.5 Å². The lowest BCUT2D eigenvalue weighted by molar-refractivity contribution is -0.148. The molecule has 8 nitrogen and oxygen atoms in total. The molecule has 5 aromatic rings. The Morgan fingerprint density at radius 1 is 1.14 bits per heavy atom. The summed E-state index contributed by atoms with van der Waals surface area (Å²) in [7, 11) is 0. The summed E-state index contributed by atoms with van der Waals surface area (Å²) in [6, 6.07) is 18.9. The van der Waals surface area contributed by atoms with E-state index in [-0.39, 0.29) is 17.7 Å². The lowest BCUT2D eigenvalue weighted by Crippen LogP contribution is -2.42. The second-order valence-electron chi connectivity index (χ2n) is 9.61. The number of ether oxygens (including phenoxy) is 2. The number of alkyl halides is 1. The highest BCUT2D eigenvalue weighted by Crippen LogP contribution is 2.44. The van der Waals surface area contributed by atoms with Gasteiger partial charge in [-0.15, -0.1) is 22.9 Å². The van der Waals surface area contributed by atoms with Gasteiger partial charge < -0.3 is 9.47 Å². The molecule has 3 aromatic carbocycles. The molecule has 0 saturated carbocycles. The van der Waals surface area contributed by atoms with Crippen LogP contribution in [0.25, 0.3) is 11.3 Å². The van der Waals surface area contributed by atoms with E-state index in [1.807, 2.05) is 5.38 Å². The van der Waals surface area contributed by atoms with Crippen molar-refractivity contribution in [2.24, 2.45) is 0 Å². The molecule has 0 amide bonds. The van der Waals surface area contributed by atoms with Gasteiger partial charge in [-0.3, -0.25) is 0 Å². The summed E-state index contributed by atoms with van der Waals surface area (Å²) < 4.78 is 42.9. The average Bonchev–Trinajstić information content (AvgIpc) is 3.73. The number of nitriles is 1. The molecular weight excluding hydrogens is 596 g/mol. The number of nitrogens with zero attached hydrogens (tertiary/aromatic N) is 5. The number of aromatic nitrogens is 4. The molecular formula is C31H24ClF2N5O3S. The van der Waals surface area contributed by atoms with Gasteiger partial charge in [-0.2, -0.15) is 10.4 Å². The number of hydrogen-bond acceptors (Lipinski definition) is 8. The molecule has 2 heterocycles. The summed E-state index contributed by atoms with van der Waals surface area (Å²) in [5, 5.41) is 15.7. The van der Waals surface area contributed by atoms with Crippen molar-refractivity contribution in [3.63, 3.8) is 0 Å². The molecule has 0 radical (unpaired) electrons. The monoisotopic (exact) mass is 619 g/mol. The first-order valence-electron chi connectivity index (χ1n) is 13.0. The van der Waals surface area contributed by atoms with E-state index in [4.69, 9.17) is 31.3 Å². The molecule has 0 aliphatic carbocycles. The quantitative estimate of drug-likeness (QED) is 0.0908. The minimum absolute atomic E-state index is 0.0227. The third kappa shape index (κ3) is 6.62. The van der Waals surface area contributed by atoms with Gasteiger partial charge in [0.2, 0.25) is 0 Å². The first kappa shape index (κ1) is 30.0. The van der Waals surface area contributed by atoms with E-state index < -0.39 is 35.9 Å². The predicted molar refractivity (Wildman–Crippen MR) is 156 cm³/mol. The molecule has 0 bridgehead atoms. The van der Waals surface area contributed by atoms with Crippen molar-refractivity contribution in [1.29, 1.82) is 5.26 Å². The number of carbonyl (C=O) groups is 1. The Balaban J connectivity index is 1.51. The summed E-state index contributed by atoms with van der Waals surface area (Å²) in [5.74, 6) is -2.61. The molecule has 0 aliphatic heterocycles. The molecule has 12 heteroatoms. The molecule has 0 fully saturated rings. The van der Waals surface area contributed by atoms with Crippen molar-refractivity contribution in [1.82, 2.24) is 19.7 Å². The van der Waals surface area contributed by atoms with Gasteiger partial charge in [0.05, 0.1) is 34.4 Å². The Morgan fingerprint density at radius 3 is 2.56 bits per heavy atom. The van der Waals surface area contributed by atoms with Crippen molar-refractivity contribution >= 4 is 28.9 Å². The third-order valence-corrected chi connectivity index (χ3v) is 8.34. The van der Waals surface area contributed by atoms with Crippen LogP contribution in [0.3, 0.4) is 0 Å². The van der Waals surface area contributed by atoms with E-state index in [1.165, 1.54) is 34.7 Å². The van der Waals surface area contributed by atoms with Gasteiger partial charge in [-0.25, -0.2) is 28.2 Å². The van der Waals surface area contributed by atoms with E-state index in [0.29, 0.717) is 22.1 Å². The van der Waals surface area contributed by atoms with Gasteiger partial charge >= 0.3 is 5.97 Å². The lowest BCUT2D eigenvalue weighted by Gasteiger charge is -2.38. The summed E-state index contributed by atoms with van der Waals surface area (Å²) >= 11 is 7.17. The largest absolute Gasteiger partial charge is 0.435 e. The maximum atomic E-state index is 15.6. The summed E-state index contributed by atoms with van der Waals surface area (Å²) in [6.45, 7) is 1.18. The van der Waals surface area contributed by atoms with E-state index in [0.717, 1.165) is 23.3 Å². The molecule has 0 saturated heterocycles. The highest BCUT2D eigenvalue weighted by Gasteiger charge is 2.45. The second kappa shape index (κ2) is 13.2. The van der Waals surface area contributed by atoms with Gasteiger partial charge in [0.1, 0.15) is 29.9 Å². The zero-order chi connectivity index (χ0) is 30.4. The number of carbonyl (C=O) groups excluding carboxylic acids is 1. The minimum atomic E-state index is -1.58. The highest BCUT2D eigenvalue weighted by molar-refractivity contribution is 7.10. The van der Waals surface area contributed by atoms with Gasteiger partial charge in [0.15, 0.2) is 6.79 Å². The van der Waals surface area contributed by atoms with Crippen LogP contribution < -0.4 is 0 Å². The SMILES string of the molecule is C[C@@H](c1nc(-c2ccc(C#N)cc2)cs1)C(Cn1cncn1)(OCOC(=O)c1ccc(CCl)cc1)c1ccc(F)cc1F.